The zero-order valence-corrected chi connectivity index (χ0v) is 24.2. The molecule has 0 saturated carbocycles. The number of carbonyl (C=O) groups excluding carboxylic acids is 1. The molecule has 4 rings (SSSR count). The molecule has 0 aromatic heterocycles. The summed E-state index contributed by atoms with van der Waals surface area (Å²) in [6.07, 6.45) is 3.87. The summed E-state index contributed by atoms with van der Waals surface area (Å²) in [5, 5.41) is 2.28. The maximum Gasteiger partial charge on any atom is 0.336 e. The highest BCUT2D eigenvalue weighted by Gasteiger charge is 2.53. The van der Waals surface area contributed by atoms with E-state index < -0.39 is 8.32 Å². The van der Waals surface area contributed by atoms with E-state index in [0.29, 0.717) is 10.2 Å². The third-order valence-electron chi connectivity index (χ3n) is 7.00. The number of thioether (sulfide) groups is 2. The predicted octanol–water partition coefficient (Wildman–Crippen LogP) is 6.03. The summed E-state index contributed by atoms with van der Waals surface area (Å²) in [6, 6.07) is 21.2. The van der Waals surface area contributed by atoms with Crippen molar-refractivity contribution in [3.63, 3.8) is 0 Å². The second kappa shape index (κ2) is 10.9. The Balaban J connectivity index is 1.71. The Morgan fingerprint density at radius 2 is 1.49 bits per heavy atom. The van der Waals surface area contributed by atoms with E-state index in [4.69, 9.17) is 9.16 Å². The van der Waals surface area contributed by atoms with Gasteiger partial charge in [-0.3, -0.25) is 0 Å². The molecular formula is C29H38O3S2Si. The highest BCUT2D eigenvalue weighted by atomic mass is 32.2. The van der Waals surface area contributed by atoms with Crippen LogP contribution in [0.2, 0.25) is 5.04 Å². The molecule has 2 fully saturated rings. The lowest BCUT2D eigenvalue weighted by molar-refractivity contribution is -0.135. The molecule has 1 atom stereocenters. The minimum atomic E-state index is -2.77. The standard InChI is InChI=1S/C29H38O3S2Si/c1-28(2,3)35(22-13-8-6-9-14-22,23-15-10-7-11-16-23)32-25-21-31-26(30)24(25)17-18-29(4,5)27-33-19-12-20-34-27/h6-11,13-17,25,27H,12,18-21H2,1-5H3/b24-17+/t25-/m1/s1. The van der Waals surface area contributed by atoms with Gasteiger partial charge < -0.3 is 9.16 Å². The van der Waals surface area contributed by atoms with Crippen LogP contribution in [0.25, 0.3) is 0 Å². The normalized spacial score (nSPS) is 21.3. The molecule has 3 nitrogen and oxygen atoms in total. The van der Waals surface area contributed by atoms with E-state index in [1.54, 1.807) is 0 Å². The van der Waals surface area contributed by atoms with Gasteiger partial charge in [-0.2, -0.15) is 0 Å². The van der Waals surface area contributed by atoms with E-state index in [9.17, 15) is 4.79 Å². The minimum Gasteiger partial charge on any atom is -0.459 e. The second-order valence-corrected chi connectivity index (χ2v) is 18.1. The number of ether oxygens (including phenoxy) is 1. The summed E-state index contributed by atoms with van der Waals surface area (Å²) in [7, 11) is -2.77. The predicted molar refractivity (Wildman–Crippen MR) is 153 cm³/mol. The van der Waals surface area contributed by atoms with Crippen molar-refractivity contribution in [1.29, 1.82) is 0 Å². The molecule has 0 N–H and O–H groups in total. The van der Waals surface area contributed by atoms with Gasteiger partial charge in [0.1, 0.15) is 12.7 Å². The minimum absolute atomic E-state index is 0.0909. The highest BCUT2D eigenvalue weighted by molar-refractivity contribution is 8.17. The van der Waals surface area contributed by atoms with E-state index in [2.05, 4.69) is 113 Å². The third kappa shape index (κ3) is 5.61. The molecule has 2 aliphatic rings. The molecule has 2 aromatic rings. The zero-order chi connectivity index (χ0) is 25.1. The first-order valence-electron chi connectivity index (χ1n) is 12.5. The first-order chi connectivity index (χ1) is 16.6. The van der Waals surface area contributed by atoms with Crippen molar-refractivity contribution in [1.82, 2.24) is 0 Å². The summed E-state index contributed by atoms with van der Waals surface area (Å²) >= 11 is 4.11. The lowest BCUT2D eigenvalue weighted by atomic mass is 9.90. The Morgan fingerprint density at radius 3 is 2.00 bits per heavy atom. The maximum atomic E-state index is 12.9. The highest BCUT2D eigenvalue weighted by Crippen LogP contribution is 2.45. The van der Waals surface area contributed by atoms with E-state index in [1.165, 1.54) is 28.3 Å². The Labute approximate surface area is 220 Å². The van der Waals surface area contributed by atoms with Gasteiger partial charge in [-0.1, -0.05) is 101 Å². The first kappa shape index (κ1) is 26.6. The van der Waals surface area contributed by atoms with Crippen LogP contribution in [0.15, 0.2) is 72.3 Å². The van der Waals surface area contributed by atoms with Crippen molar-refractivity contribution in [2.24, 2.45) is 5.41 Å². The van der Waals surface area contributed by atoms with Gasteiger partial charge in [-0.15, -0.1) is 23.5 Å². The van der Waals surface area contributed by atoms with E-state index in [0.717, 1.165) is 6.42 Å². The van der Waals surface area contributed by atoms with Gasteiger partial charge in [0.15, 0.2) is 0 Å². The van der Waals surface area contributed by atoms with Crippen molar-refractivity contribution in [3.05, 3.63) is 72.3 Å². The third-order valence-corrected chi connectivity index (χ3v) is 15.8. The number of hydrogen-bond acceptors (Lipinski definition) is 5. The van der Waals surface area contributed by atoms with Crippen molar-refractivity contribution >= 4 is 48.2 Å². The molecule has 6 heteroatoms. The number of esters is 1. The molecule has 0 spiro atoms. The van der Waals surface area contributed by atoms with Crippen LogP contribution in [0.5, 0.6) is 0 Å². The van der Waals surface area contributed by atoms with Gasteiger partial charge in [0.25, 0.3) is 8.32 Å². The molecular weight excluding hydrogens is 489 g/mol. The molecule has 0 radical (unpaired) electrons. The number of carbonyl (C=O) groups is 1. The van der Waals surface area contributed by atoms with E-state index >= 15 is 0 Å². The summed E-state index contributed by atoms with van der Waals surface area (Å²) in [5.74, 6) is 2.21. The molecule has 35 heavy (non-hydrogen) atoms. The molecule has 0 unspecified atom stereocenters. The largest absolute Gasteiger partial charge is 0.459 e. The van der Waals surface area contributed by atoms with Crippen LogP contribution < -0.4 is 10.4 Å². The lowest BCUT2D eigenvalue weighted by Crippen LogP contribution is -2.67. The average molecular weight is 527 g/mol. The van der Waals surface area contributed by atoms with Crippen LogP contribution in [-0.4, -0.2) is 43.1 Å². The Morgan fingerprint density at radius 1 is 0.943 bits per heavy atom. The number of allylic oxidation sites excluding steroid dienone is 1. The number of hydrogen-bond donors (Lipinski definition) is 0. The molecule has 2 heterocycles. The van der Waals surface area contributed by atoms with Gasteiger partial charge in [-0.05, 0) is 45.2 Å². The van der Waals surface area contributed by atoms with Crippen molar-refractivity contribution in [2.75, 3.05) is 18.1 Å². The van der Waals surface area contributed by atoms with Gasteiger partial charge in [0.05, 0.1) is 10.2 Å². The summed E-state index contributed by atoms with van der Waals surface area (Å²) in [6.45, 7) is 11.7. The second-order valence-electron chi connectivity index (χ2n) is 11.1. The monoisotopic (exact) mass is 526 g/mol. The van der Waals surface area contributed by atoms with Gasteiger partial charge in [0, 0.05) is 0 Å². The van der Waals surface area contributed by atoms with Crippen LogP contribution in [0.1, 0.15) is 47.5 Å². The molecule has 0 bridgehead atoms. The summed E-state index contributed by atoms with van der Waals surface area (Å²) in [4.78, 5) is 12.9. The van der Waals surface area contributed by atoms with Gasteiger partial charge in [0.2, 0.25) is 0 Å². The van der Waals surface area contributed by atoms with Crippen LogP contribution in [-0.2, 0) is 14.0 Å². The molecule has 0 aliphatic carbocycles. The lowest BCUT2D eigenvalue weighted by Gasteiger charge is -2.44. The maximum absolute atomic E-state index is 12.9. The smallest absolute Gasteiger partial charge is 0.336 e. The fourth-order valence-corrected chi connectivity index (χ4v) is 13.0. The summed E-state index contributed by atoms with van der Waals surface area (Å²) in [5.41, 5.74) is 0.782. The molecule has 188 valence electrons. The van der Waals surface area contributed by atoms with E-state index in [1.807, 2.05) is 12.1 Å². The summed E-state index contributed by atoms with van der Waals surface area (Å²) < 4.78 is 13.4. The van der Waals surface area contributed by atoms with Crippen molar-refractivity contribution in [3.8, 4) is 0 Å². The van der Waals surface area contributed by atoms with Gasteiger partial charge >= 0.3 is 5.97 Å². The Kier molecular flexibility index (Phi) is 8.26. The topological polar surface area (TPSA) is 35.5 Å². The van der Waals surface area contributed by atoms with E-state index in [-0.39, 0.29) is 29.1 Å². The van der Waals surface area contributed by atoms with Crippen LogP contribution in [0.4, 0.5) is 0 Å². The van der Waals surface area contributed by atoms with Crippen molar-refractivity contribution in [2.45, 2.75) is 63.2 Å². The Hall–Kier alpha value is -1.47. The number of benzene rings is 2. The van der Waals surface area contributed by atoms with Crippen LogP contribution in [0.3, 0.4) is 0 Å². The van der Waals surface area contributed by atoms with Gasteiger partial charge in [-0.25, -0.2) is 4.79 Å². The fraction of sp³-hybridized carbons (Fsp3) is 0.483. The Bertz CT molecular complexity index is 985. The number of rotatable bonds is 7. The molecule has 2 saturated heterocycles. The fourth-order valence-electron chi connectivity index (χ4n) is 5.08. The zero-order valence-electron chi connectivity index (χ0n) is 21.6. The average Bonchev–Trinajstić information content (AvgIpc) is 3.21. The van der Waals surface area contributed by atoms with Crippen LogP contribution in [0, 0.1) is 5.41 Å². The van der Waals surface area contributed by atoms with Crippen molar-refractivity contribution < 1.29 is 14.0 Å². The SMILES string of the molecule is CC(C)(C/C=C1/C(=O)OC[C@H]1O[Si](c1ccccc1)(c1ccccc1)C(C)(C)C)C1SCCCS1. The quantitative estimate of drug-likeness (QED) is 0.250. The number of cyclic esters (lactones) is 1. The molecule has 2 aromatic carbocycles. The molecule has 2 aliphatic heterocycles. The first-order valence-corrected chi connectivity index (χ1v) is 16.5. The van der Waals surface area contributed by atoms with Crippen LogP contribution >= 0.6 is 23.5 Å². The molecule has 0 amide bonds.